The van der Waals surface area contributed by atoms with Gasteiger partial charge in [-0.15, -0.1) is 0 Å². The van der Waals surface area contributed by atoms with E-state index in [2.05, 4.69) is 10.3 Å². The Morgan fingerprint density at radius 2 is 1.80 bits per heavy atom. The van der Waals surface area contributed by atoms with Gasteiger partial charge in [0.05, 0.1) is 23.2 Å². The molecular weight excluding hydrogens is 361 g/mol. The van der Waals surface area contributed by atoms with Crippen molar-refractivity contribution >= 4 is 23.5 Å². The number of carbonyl (C=O) groups excluding carboxylic acids is 2. The van der Waals surface area contributed by atoms with Crippen molar-refractivity contribution in [3.63, 3.8) is 0 Å². The standard InChI is InChI=1S/C16H12ClF3N2O3/c17-13-11(5-3-7-21-13)14(23)22-8-9-25-15(24)10-4-1-2-6-12(10)16(18,19)20/h1-7H,8-9H2,(H,22,23). The van der Waals surface area contributed by atoms with Crippen LogP contribution in [0, 0.1) is 0 Å². The fraction of sp³-hybridized carbons (Fsp3) is 0.188. The van der Waals surface area contributed by atoms with Crippen molar-refractivity contribution in [1.82, 2.24) is 10.3 Å². The number of aromatic nitrogens is 1. The number of ether oxygens (including phenoxy) is 1. The van der Waals surface area contributed by atoms with E-state index in [1.165, 1.54) is 30.5 Å². The molecule has 1 aromatic heterocycles. The summed E-state index contributed by atoms with van der Waals surface area (Å²) < 4.78 is 43.3. The largest absolute Gasteiger partial charge is 0.460 e. The molecule has 0 aliphatic carbocycles. The first-order chi connectivity index (χ1) is 11.8. The van der Waals surface area contributed by atoms with Gasteiger partial charge in [0.25, 0.3) is 5.91 Å². The van der Waals surface area contributed by atoms with Gasteiger partial charge in [0, 0.05) is 6.20 Å². The maximum atomic E-state index is 12.8. The van der Waals surface area contributed by atoms with Gasteiger partial charge in [0.15, 0.2) is 0 Å². The van der Waals surface area contributed by atoms with Gasteiger partial charge < -0.3 is 10.1 Å². The monoisotopic (exact) mass is 372 g/mol. The lowest BCUT2D eigenvalue weighted by Crippen LogP contribution is -2.28. The van der Waals surface area contributed by atoms with Crippen LogP contribution in [0.3, 0.4) is 0 Å². The molecule has 132 valence electrons. The van der Waals surface area contributed by atoms with E-state index in [1.807, 2.05) is 0 Å². The van der Waals surface area contributed by atoms with Gasteiger partial charge in [-0.2, -0.15) is 13.2 Å². The third-order valence-corrected chi connectivity index (χ3v) is 3.38. The molecule has 1 aromatic carbocycles. The van der Waals surface area contributed by atoms with Gasteiger partial charge in [-0.1, -0.05) is 23.7 Å². The summed E-state index contributed by atoms with van der Waals surface area (Å²) in [5.41, 5.74) is -1.53. The smallest absolute Gasteiger partial charge is 0.417 e. The number of halogens is 4. The highest BCUT2D eigenvalue weighted by molar-refractivity contribution is 6.32. The zero-order chi connectivity index (χ0) is 18.4. The second-order valence-corrected chi connectivity index (χ2v) is 5.13. The lowest BCUT2D eigenvalue weighted by Gasteiger charge is -2.12. The maximum absolute atomic E-state index is 12.8. The van der Waals surface area contributed by atoms with E-state index in [-0.39, 0.29) is 23.9 Å². The van der Waals surface area contributed by atoms with Crippen molar-refractivity contribution in [2.45, 2.75) is 6.18 Å². The summed E-state index contributed by atoms with van der Waals surface area (Å²) in [5, 5.41) is 2.44. The molecule has 2 aromatic rings. The van der Waals surface area contributed by atoms with Crippen molar-refractivity contribution in [1.29, 1.82) is 0 Å². The molecule has 0 atom stereocenters. The van der Waals surface area contributed by atoms with Crippen LogP contribution in [0.1, 0.15) is 26.3 Å². The second-order valence-electron chi connectivity index (χ2n) is 4.78. The number of pyridine rings is 1. The van der Waals surface area contributed by atoms with Gasteiger partial charge in [0.1, 0.15) is 11.8 Å². The summed E-state index contributed by atoms with van der Waals surface area (Å²) in [7, 11) is 0. The average Bonchev–Trinajstić information content (AvgIpc) is 2.58. The van der Waals surface area contributed by atoms with Crippen LogP contribution in [0.5, 0.6) is 0 Å². The Bertz CT molecular complexity index is 781. The summed E-state index contributed by atoms with van der Waals surface area (Å²) in [4.78, 5) is 27.4. The SMILES string of the molecule is O=C(OCCNC(=O)c1cccnc1Cl)c1ccccc1C(F)(F)F. The number of carbonyl (C=O) groups is 2. The molecule has 0 fully saturated rings. The van der Waals surface area contributed by atoms with E-state index in [1.54, 1.807) is 0 Å². The number of hydrogen-bond donors (Lipinski definition) is 1. The molecule has 0 saturated carbocycles. The summed E-state index contributed by atoms with van der Waals surface area (Å²) in [5.74, 6) is -1.66. The van der Waals surface area contributed by atoms with Crippen LogP contribution in [-0.2, 0) is 10.9 Å². The summed E-state index contributed by atoms with van der Waals surface area (Å²) >= 11 is 5.76. The molecule has 1 N–H and O–H groups in total. The van der Waals surface area contributed by atoms with Crippen LogP contribution in [-0.4, -0.2) is 30.0 Å². The molecule has 0 aliphatic heterocycles. The number of nitrogens with one attached hydrogen (secondary N) is 1. The molecule has 0 spiro atoms. The van der Waals surface area contributed by atoms with E-state index in [4.69, 9.17) is 16.3 Å². The molecule has 9 heteroatoms. The number of amides is 1. The first-order valence-electron chi connectivity index (χ1n) is 7.03. The molecule has 1 amide bonds. The zero-order valence-corrected chi connectivity index (χ0v) is 13.4. The lowest BCUT2D eigenvalue weighted by molar-refractivity contribution is -0.138. The van der Waals surface area contributed by atoms with E-state index in [0.29, 0.717) is 0 Å². The van der Waals surface area contributed by atoms with E-state index in [0.717, 1.165) is 12.1 Å². The molecule has 0 radical (unpaired) electrons. The predicted molar refractivity (Wildman–Crippen MR) is 83.3 cm³/mol. The molecule has 0 bridgehead atoms. The van der Waals surface area contributed by atoms with Crippen LogP contribution >= 0.6 is 11.6 Å². The molecule has 5 nitrogen and oxygen atoms in total. The van der Waals surface area contributed by atoms with Crippen molar-refractivity contribution < 1.29 is 27.5 Å². The molecule has 1 heterocycles. The molecule has 0 saturated heterocycles. The van der Waals surface area contributed by atoms with E-state index < -0.39 is 29.2 Å². The highest BCUT2D eigenvalue weighted by Gasteiger charge is 2.35. The minimum absolute atomic E-state index is 0.0103. The number of esters is 1. The maximum Gasteiger partial charge on any atom is 0.417 e. The van der Waals surface area contributed by atoms with Crippen LogP contribution < -0.4 is 5.32 Å². The van der Waals surface area contributed by atoms with Gasteiger partial charge in [-0.05, 0) is 24.3 Å². The number of benzene rings is 1. The van der Waals surface area contributed by atoms with Crippen LogP contribution in [0.25, 0.3) is 0 Å². The zero-order valence-electron chi connectivity index (χ0n) is 12.6. The number of alkyl halides is 3. The fourth-order valence-electron chi connectivity index (χ4n) is 1.94. The van der Waals surface area contributed by atoms with Gasteiger partial charge >= 0.3 is 12.1 Å². The van der Waals surface area contributed by atoms with Gasteiger partial charge in [-0.25, -0.2) is 9.78 Å². The number of hydrogen-bond acceptors (Lipinski definition) is 4. The molecular formula is C16H12ClF3N2O3. The number of rotatable bonds is 5. The van der Waals surface area contributed by atoms with Crippen LogP contribution in [0.2, 0.25) is 5.15 Å². The first-order valence-corrected chi connectivity index (χ1v) is 7.40. The Morgan fingerprint density at radius 1 is 1.12 bits per heavy atom. The average molecular weight is 373 g/mol. The minimum Gasteiger partial charge on any atom is -0.460 e. The molecule has 2 rings (SSSR count). The molecule has 0 unspecified atom stereocenters. The van der Waals surface area contributed by atoms with Gasteiger partial charge in [-0.3, -0.25) is 4.79 Å². The summed E-state index contributed by atoms with van der Waals surface area (Å²) in [6.45, 7) is -0.390. The topological polar surface area (TPSA) is 68.3 Å². The fourth-order valence-corrected chi connectivity index (χ4v) is 2.15. The van der Waals surface area contributed by atoms with E-state index in [9.17, 15) is 22.8 Å². The Kier molecular flexibility index (Phi) is 5.97. The normalized spacial score (nSPS) is 11.0. The summed E-state index contributed by atoms with van der Waals surface area (Å²) in [6.07, 6.45) is -3.25. The van der Waals surface area contributed by atoms with Crippen molar-refractivity contribution in [3.05, 3.63) is 64.4 Å². The van der Waals surface area contributed by atoms with Crippen molar-refractivity contribution in [2.75, 3.05) is 13.2 Å². The van der Waals surface area contributed by atoms with Crippen LogP contribution in [0.4, 0.5) is 13.2 Å². The second kappa shape index (κ2) is 7.98. The Labute approximate surface area is 145 Å². The Morgan fingerprint density at radius 3 is 2.48 bits per heavy atom. The van der Waals surface area contributed by atoms with Crippen molar-refractivity contribution in [3.8, 4) is 0 Å². The third kappa shape index (κ3) is 4.93. The minimum atomic E-state index is -4.67. The quantitative estimate of drug-likeness (QED) is 0.496. The van der Waals surface area contributed by atoms with E-state index >= 15 is 0 Å². The molecule has 0 aliphatic rings. The van der Waals surface area contributed by atoms with Crippen LogP contribution in [0.15, 0.2) is 42.6 Å². The first kappa shape index (κ1) is 18.7. The molecule has 25 heavy (non-hydrogen) atoms. The third-order valence-electron chi connectivity index (χ3n) is 3.08. The predicted octanol–water partition coefficient (Wildman–Crippen LogP) is 3.34. The number of nitrogens with zero attached hydrogens (tertiary/aromatic N) is 1. The summed E-state index contributed by atoms with van der Waals surface area (Å²) in [6, 6.07) is 7.28. The Balaban J connectivity index is 1.90. The lowest BCUT2D eigenvalue weighted by atomic mass is 10.1. The van der Waals surface area contributed by atoms with Gasteiger partial charge in [0.2, 0.25) is 0 Å². The Hall–Kier alpha value is -2.61. The van der Waals surface area contributed by atoms with Crippen molar-refractivity contribution in [2.24, 2.45) is 0 Å². The highest BCUT2D eigenvalue weighted by atomic mass is 35.5. The highest BCUT2D eigenvalue weighted by Crippen LogP contribution is 2.32.